The van der Waals surface area contributed by atoms with Crippen molar-refractivity contribution in [1.29, 1.82) is 0 Å². The van der Waals surface area contributed by atoms with Crippen molar-refractivity contribution in [2.45, 2.75) is 38.7 Å². The Hall–Kier alpha value is -3.78. The maximum Gasteiger partial charge on any atom is 0.338 e. The normalized spacial score (nSPS) is 24.5. The molecular formula is C26H25NO7. The van der Waals surface area contributed by atoms with Gasteiger partial charge < -0.3 is 14.2 Å². The molecular weight excluding hydrogens is 438 g/mol. The van der Waals surface area contributed by atoms with E-state index in [9.17, 15) is 19.2 Å². The minimum Gasteiger partial charge on any atom is -0.459 e. The zero-order chi connectivity index (χ0) is 24.2. The Balaban J connectivity index is 1.51. The molecule has 0 saturated carbocycles. The Morgan fingerprint density at radius 3 is 2.18 bits per heavy atom. The van der Waals surface area contributed by atoms with Gasteiger partial charge in [-0.15, -0.1) is 0 Å². The Labute approximate surface area is 197 Å². The largest absolute Gasteiger partial charge is 0.459 e. The van der Waals surface area contributed by atoms with E-state index < -0.39 is 42.2 Å². The van der Waals surface area contributed by atoms with Crippen LogP contribution in [-0.2, 0) is 23.8 Å². The minimum absolute atomic E-state index is 0.169. The summed E-state index contributed by atoms with van der Waals surface area (Å²) in [5.41, 5.74) is 1.19. The number of ether oxygens (including phenoxy) is 3. The number of carbonyl (C=O) groups is 4. The van der Waals surface area contributed by atoms with Crippen molar-refractivity contribution in [2.24, 2.45) is 5.92 Å². The lowest BCUT2D eigenvalue weighted by Gasteiger charge is -2.31. The molecule has 2 aromatic rings. The Morgan fingerprint density at radius 2 is 1.56 bits per heavy atom. The van der Waals surface area contributed by atoms with Gasteiger partial charge in [-0.05, 0) is 38.1 Å². The van der Waals surface area contributed by atoms with E-state index in [1.54, 1.807) is 74.5 Å². The van der Waals surface area contributed by atoms with E-state index in [2.05, 4.69) is 0 Å². The van der Waals surface area contributed by atoms with Gasteiger partial charge in [0.1, 0.15) is 25.0 Å². The number of hydrogen-bond donors (Lipinski definition) is 0. The Morgan fingerprint density at radius 1 is 0.971 bits per heavy atom. The van der Waals surface area contributed by atoms with Crippen molar-refractivity contribution >= 4 is 23.6 Å². The van der Waals surface area contributed by atoms with E-state index in [0.29, 0.717) is 16.7 Å². The summed E-state index contributed by atoms with van der Waals surface area (Å²) in [6, 6.07) is 17.0. The number of carbonyl (C=O) groups excluding carboxylic acids is 4. The molecule has 2 aromatic carbocycles. The first-order chi connectivity index (χ1) is 16.3. The Kier molecular flexibility index (Phi) is 6.88. The molecule has 4 atom stereocenters. The highest BCUT2D eigenvalue weighted by molar-refractivity contribution is 6.11. The Bertz CT molecular complexity index is 1110. The summed E-state index contributed by atoms with van der Waals surface area (Å²) in [6.45, 7) is 3.02. The van der Waals surface area contributed by atoms with Crippen molar-refractivity contribution in [3.05, 3.63) is 83.6 Å². The number of nitrogens with zero attached hydrogens (tertiary/aromatic N) is 1. The number of allylic oxidation sites excluding steroid dienone is 1. The molecule has 176 valence electrons. The van der Waals surface area contributed by atoms with Crippen LogP contribution in [0.4, 0.5) is 0 Å². The summed E-state index contributed by atoms with van der Waals surface area (Å²) in [5.74, 6) is -2.54. The number of benzene rings is 2. The molecule has 2 unspecified atom stereocenters. The second-order valence-corrected chi connectivity index (χ2v) is 8.28. The van der Waals surface area contributed by atoms with Crippen LogP contribution >= 0.6 is 0 Å². The fourth-order valence-electron chi connectivity index (χ4n) is 3.98. The molecule has 0 N–H and O–H groups in total. The van der Waals surface area contributed by atoms with Gasteiger partial charge in [-0.2, -0.15) is 0 Å². The summed E-state index contributed by atoms with van der Waals surface area (Å²) in [6.07, 6.45) is -0.700. The number of amides is 1. The maximum atomic E-state index is 12.8. The quantitative estimate of drug-likeness (QED) is 0.479. The van der Waals surface area contributed by atoms with Crippen LogP contribution in [0.1, 0.15) is 41.0 Å². The van der Waals surface area contributed by atoms with Gasteiger partial charge in [0, 0.05) is 18.2 Å². The average Bonchev–Trinajstić information content (AvgIpc) is 3.26. The smallest absolute Gasteiger partial charge is 0.338 e. The van der Waals surface area contributed by atoms with Gasteiger partial charge in [0.05, 0.1) is 17.0 Å². The lowest BCUT2D eigenvalue weighted by molar-refractivity contribution is -0.149. The first-order valence-electron chi connectivity index (χ1n) is 11.0. The van der Waals surface area contributed by atoms with Gasteiger partial charge in [-0.25, -0.2) is 9.59 Å². The second kappa shape index (κ2) is 10.0. The fourth-order valence-corrected chi connectivity index (χ4v) is 3.98. The van der Waals surface area contributed by atoms with Crippen LogP contribution in [0.3, 0.4) is 0 Å². The van der Waals surface area contributed by atoms with Gasteiger partial charge in [0.25, 0.3) is 0 Å². The van der Waals surface area contributed by atoms with Gasteiger partial charge in [-0.3, -0.25) is 14.5 Å². The SMILES string of the molecule is CC1=CN([C@@H]2CC(OC(=O)c3ccccc3)[C@H](COC(=O)c3ccccc3)O2)C(=O)C(C)C1=O. The molecule has 34 heavy (non-hydrogen) atoms. The van der Waals surface area contributed by atoms with E-state index in [-0.39, 0.29) is 18.8 Å². The van der Waals surface area contributed by atoms with E-state index in [0.717, 1.165) is 0 Å². The van der Waals surface area contributed by atoms with Crippen LogP contribution in [-0.4, -0.2) is 53.6 Å². The summed E-state index contributed by atoms with van der Waals surface area (Å²) in [7, 11) is 0. The van der Waals surface area contributed by atoms with E-state index in [4.69, 9.17) is 14.2 Å². The van der Waals surface area contributed by atoms with Gasteiger partial charge in [0.15, 0.2) is 5.78 Å². The van der Waals surface area contributed by atoms with Crippen molar-refractivity contribution in [1.82, 2.24) is 4.90 Å². The molecule has 2 aliphatic rings. The van der Waals surface area contributed by atoms with Crippen molar-refractivity contribution in [2.75, 3.05) is 6.61 Å². The molecule has 0 spiro atoms. The number of ketones is 1. The topological polar surface area (TPSA) is 99.2 Å². The summed E-state index contributed by atoms with van der Waals surface area (Å²) in [4.78, 5) is 51.4. The van der Waals surface area contributed by atoms with Crippen molar-refractivity contribution < 1.29 is 33.4 Å². The predicted molar refractivity (Wildman–Crippen MR) is 120 cm³/mol. The summed E-state index contributed by atoms with van der Waals surface area (Å²) >= 11 is 0. The van der Waals surface area contributed by atoms with Gasteiger partial charge in [-0.1, -0.05) is 36.4 Å². The van der Waals surface area contributed by atoms with E-state index >= 15 is 0 Å². The van der Waals surface area contributed by atoms with E-state index in [1.807, 2.05) is 0 Å². The van der Waals surface area contributed by atoms with Crippen LogP contribution in [0.25, 0.3) is 0 Å². The first-order valence-corrected chi connectivity index (χ1v) is 11.0. The molecule has 1 fully saturated rings. The third-order valence-electron chi connectivity index (χ3n) is 5.89. The molecule has 8 nitrogen and oxygen atoms in total. The van der Waals surface area contributed by atoms with Crippen LogP contribution in [0.2, 0.25) is 0 Å². The number of Topliss-reactive ketones (excluding diaryl/α,β-unsaturated/α-hetero) is 1. The molecule has 8 heteroatoms. The number of rotatable bonds is 6. The third-order valence-corrected chi connectivity index (χ3v) is 5.89. The van der Waals surface area contributed by atoms with Gasteiger partial charge in [0.2, 0.25) is 5.91 Å². The minimum atomic E-state index is -0.825. The highest BCUT2D eigenvalue weighted by Gasteiger charge is 2.45. The highest BCUT2D eigenvalue weighted by Crippen LogP contribution is 2.31. The standard InChI is InChI=1S/C26H25NO7/c1-16-14-27(24(29)17(2)23(16)28)22-13-20(34-26(31)19-11-7-4-8-12-19)21(33-22)15-32-25(30)18-9-5-3-6-10-18/h3-12,14,17,20-22H,13,15H2,1-2H3/t17?,20?,21-,22-/m0/s1. The van der Waals surface area contributed by atoms with Crippen molar-refractivity contribution in [3.8, 4) is 0 Å². The number of esters is 2. The molecule has 1 amide bonds. The predicted octanol–water partition coefficient (Wildman–Crippen LogP) is 3.14. The molecule has 4 rings (SSSR count). The third kappa shape index (κ3) is 4.92. The fraction of sp³-hybridized carbons (Fsp3) is 0.308. The molecule has 0 bridgehead atoms. The average molecular weight is 463 g/mol. The molecule has 0 aromatic heterocycles. The molecule has 0 radical (unpaired) electrons. The summed E-state index contributed by atoms with van der Waals surface area (Å²) in [5, 5.41) is 0. The monoisotopic (exact) mass is 463 g/mol. The zero-order valence-electron chi connectivity index (χ0n) is 18.9. The first kappa shape index (κ1) is 23.4. The summed E-state index contributed by atoms with van der Waals surface area (Å²) < 4.78 is 17.2. The van der Waals surface area contributed by atoms with E-state index in [1.165, 1.54) is 11.1 Å². The molecule has 0 aliphatic carbocycles. The lowest BCUT2D eigenvalue weighted by Crippen LogP contribution is -2.45. The molecule has 2 aliphatic heterocycles. The number of hydrogen-bond acceptors (Lipinski definition) is 7. The van der Waals surface area contributed by atoms with Crippen LogP contribution in [0, 0.1) is 5.92 Å². The van der Waals surface area contributed by atoms with Crippen LogP contribution in [0.15, 0.2) is 72.4 Å². The molecule has 1 saturated heterocycles. The van der Waals surface area contributed by atoms with Crippen LogP contribution < -0.4 is 0 Å². The molecule has 2 heterocycles. The lowest BCUT2D eigenvalue weighted by atomic mass is 9.95. The van der Waals surface area contributed by atoms with Crippen LogP contribution in [0.5, 0.6) is 0 Å². The highest BCUT2D eigenvalue weighted by atomic mass is 16.6. The van der Waals surface area contributed by atoms with Crippen molar-refractivity contribution in [3.63, 3.8) is 0 Å². The zero-order valence-corrected chi connectivity index (χ0v) is 18.9. The maximum absolute atomic E-state index is 12.8. The van der Waals surface area contributed by atoms with Gasteiger partial charge >= 0.3 is 11.9 Å². The second-order valence-electron chi connectivity index (χ2n) is 8.28.